The van der Waals surface area contributed by atoms with Crippen molar-refractivity contribution in [1.29, 1.82) is 0 Å². The van der Waals surface area contributed by atoms with Crippen molar-refractivity contribution in [2.24, 2.45) is 0 Å². The molecule has 0 fully saturated rings. The van der Waals surface area contributed by atoms with Gasteiger partial charge in [0.25, 0.3) is 0 Å². The van der Waals surface area contributed by atoms with E-state index in [-0.39, 0.29) is 0 Å². The Balaban J connectivity index is 2.23. The third-order valence-corrected chi connectivity index (χ3v) is 3.61. The lowest BCUT2D eigenvalue weighted by Crippen LogP contribution is -2.28. The molecule has 0 saturated carbocycles. The molecular weight excluding hydrogens is 198 g/mol. The summed E-state index contributed by atoms with van der Waals surface area (Å²) in [6.07, 6.45) is 4.61. The number of thioether (sulfide) groups is 1. The standard InChI is InChI=1S/C10H17NS2/c1-11-10(8-12-2)4-3-9-5-6-13-7-9/h5-7,10-11H,3-4,8H2,1-2H3. The topological polar surface area (TPSA) is 12.0 Å². The van der Waals surface area contributed by atoms with Gasteiger partial charge in [0.1, 0.15) is 0 Å². The zero-order valence-electron chi connectivity index (χ0n) is 8.25. The van der Waals surface area contributed by atoms with Crippen molar-refractivity contribution in [3.63, 3.8) is 0 Å². The van der Waals surface area contributed by atoms with E-state index in [1.54, 1.807) is 11.3 Å². The molecule has 0 saturated heterocycles. The number of rotatable bonds is 6. The van der Waals surface area contributed by atoms with Crippen LogP contribution in [0.3, 0.4) is 0 Å². The summed E-state index contributed by atoms with van der Waals surface area (Å²) in [6.45, 7) is 0. The average molecular weight is 215 g/mol. The van der Waals surface area contributed by atoms with Crippen LogP contribution in [-0.2, 0) is 6.42 Å². The second-order valence-corrected chi connectivity index (χ2v) is 4.80. The zero-order chi connectivity index (χ0) is 9.52. The minimum absolute atomic E-state index is 0.662. The molecule has 1 nitrogen and oxygen atoms in total. The molecule has 0 aromatic carbocycles. The molecule has 0 radical (unpaired) electrons. The fourth-order valence-corrected chi connectivity index (χ4v) is 2.73. The van der Waals surface area contributed by atoms with Gasteiger partial charge in [-0.05, 0) is 48.5 Å². The first-order valence-electron chi connectivity index (χ1n) is 4.54. The van der Waals surface area contributed by atoms with E-state index < -0.39 is 0 Å². The van der Waals surface area contributed by atoms with Crippen molar-refractivity contribution in [3.8, 4) is 0 Å². The van der Waals surface area contributed by atoms with E-state index in [0.717, 1.165) is 0 Å². The lowest BCUT2D eigenvalue weighted by atomic mass is 10.1. The Kier molecular flexibility index (Phi) is 5.51. The van der Waals surface area contributed by atoms with Crippen LogP contribution in [0.5, 0.6) is 0 Å². The highest BCUT2D eigenvalue weighted by Crippen LogP contribution is 2.11. The van der Waals surface area contributed by atoms with Crippen LogP contribution in [0.2, 0.25) is 0 Å². The van der Waals surface area contributed by atoms with Crippen molar-refractivity contribution in [1.82, 2.24) is 5.32 Å². The maximum atomic E-state index is 3.35. The predicted molar refractivity (Wildman–Crippen MR) is 63.9 cm³/mol. The minimum Gasteiger partial charge on any atom is -0.316 e. The van der Waals surface area contributed by atoms with E-state index in [9.17, 15) is 0 Å². The normalized spacial score (nSPS) is 13.1. The van der Waals surface area contributed by atoms with Gasteiger partial charge in [0.05, 0.1) is 0 Å². The van der Waals surface area contributed by atoms with Crippen molar-refractivity contribution < 1.29 is 0 Å². The lowest BCUT2D eigenvalue weighted by molar-refractivity contribution is 0.573. The maximum Gasteiger partial charge on any atom is 0.0158 e. The van der Waals surface area contributed by atoms with Crippen LogP contribution in [0.25, 0.3) is 0 Å². The number of hydrogen-bond donors (Lipinski definition) is 1. The molecule has 0 bridgehead atoms. The number of thiophene rings is 1. The van der Waals surface area contributed by atoms with Gasteiger partial charge >= 0.3 is 0 Å². The second-order valence-electron chi connectivity index (χ2n) is 3.11. The third kappa shape index (κ3) is 4.16. The molecule has 74 valence electrons. The molecule has 0 aliphatic rings. The summed E-state index contributed by atoms with van der Waals surface area (Å²) in [4.78, 5) is 0. The monoisotopic (exact) mass is 215 g/mol. The van der Waals surface area contributed by atoms with Crippen molar-refractivity contribution in [2.75, 3.05) is 19.1 Å². The first-order valence-corrected chi connectivity index (χ1v) is 6.87. The SMILES string of the molecule is CNC(CCc1ccsc1)CSC. The fourth-order valence-electron chi connectivity index (χ4n) is 1.29. The first kappa shape index (κ1) is 11.1. The van der Waals surface area contributed by atoms with Gasteiger partial charge in [-0.15, -0.1) is 0 Å². The lowest BCUT2D eigenvalue weighted by Gasteiger charge is -2.13. The second kappa shape index (κ2) is 6.46. The molecule has 1 rings (SSSR count). The Bertz CT molecular complexity index is 209. The largest absolute Gasteiger partial charge is 0.316 e. The number of aryl methyl sites for hydroxylation is 1. The molecule has 13 heavy (non-hydrogen) atoms. The summed E-state index contributed by atoms with van der Waals surface area (Å²) >= 11 is 3.70. The minimum atomic E-state index is 0.662. The van der Waals surface area contributed by atoms with Gasteiger partial charge in [-0.1, -0.05) is 0 Å². The Hall–Kier alpha value is 0.01000. The molecule has 0 amide bonds. The van der Waals surface area contributed by atoms with Crippen LogP contribution in [0.1, 0.15) is 12.0 Å². The Morgan fingerprint density at radius 2 is 2.46 bits per heavy atom. The van der Waals surface area contributed by atoms with Crippen LogP contribution in [0.15, 0.2) is 16.8 Å². The summed E-state index contributed by atoms with van der Waals surface area (Å²) in [5, 5.41) is 7.74. The maximum absolute atomic E-state index is 3.35. The van der Waals surface area contributed by atoms with E-state index in [1.807, 2.05) is 11.8 Å². The smallest absolute Gasteiger partial charge is 0.0158 e. The van der Waals surface area contributed by atoms with Gasteiger partial charge in [-0.3, -0.25) is 0 Å². The molecule has 1 aromatic rings. The van der Waals surface area contributed by atoms with Crippen LogP contribution < -0.4 is 5.32 Å². The predicted octanol–water partition coefficient (Wildman–Crippen LogP) is 2.63. The molecule has 3 heteroatoms. The van der Waals surface area contributed by atoms with Gasteiger partial charge in [0, 0.05) is 11.8 Å². The van der Waals surface area contributed by atoms with E-state index in [1.165, 1.54) is 24.2 Å². The first-order chi connectivity index (χ1) is 6.36. The molecule has 1 heterocycles. The van der Waals surface area contributed by atoms with E-state index >= 15 is 0 Å². The van der Waals surface area contributed by atoms with Gasteiger partial charge in [0.2, 0.25) is 0 Å². The number of hydrogen-bond acceptors (Lipinski definition) is 3. The summed E-state index contributed by atoms with van der Waals surface area (Å²) < 4.78 is 0. The Morgan fingerprint density at radius 3 is 3.00 bits per heavy atom. The van der Waals surface area contributed by atoms with Gasteiger partial charge in [-0.25, -0.2) is 0 Å². The van der Waals surface area contributed by atoms with Gasteiger partial charge in [0.15, 0.2) is 0 Å². The van der Waals surface area contributed by atoms with Gasteiger partial charge < -0.3 is 5.32 Å². The fraction of sp³-hybridized carbons (Fsp3) is 0.600. The zero-order valence-corrected chi connectivity index (χ0v) is 9.88. The number of nitrogens with one attached hydrogen (secondary N) is 1. The van der Waals surface area contributed by atoms with Crippen LogP contribution in [0, 0.1) is 0 Å². The van der Waals surface area contributed by atoms with Gasteiger partial charge in [-0.2, -0.15) is 23.1 Å². The van der Waals surface area contributed by atoms with E-state index in [0.29, 0.717) is 6.04 Å². The highest BCUT2D eigenvalue weighted by atomic mass is 32.2. The molecule has 1 N–H and O–H groups in total. The summed E-state index contributed by atoms with van der Waals surface area (Å²) in [5.41, 5.74) is 1.48. The summed E-state index contributed by atoms with van der Waals surface area (Å²) in [7, 11) is 2.05. The summed E-state index contributed by atoms with van der Waals surface area (Å²) in [5.74, 6) is 1.21. The molecule has 1 aromatic heterocycles. The Labute approximate surface area is 88.9 Å². The van der Waals surface area contributed by atoms with Crippen LogP contribution in [-0.4, -0.2) is 25.1 Å². The highest BCUT2D eigenvalue weighted by molar-refractivity contribution is 7.98. The molecule has 0 aliphatic heterocycles. The van der Waals surface area contributed by atoms with E-state index in [2.05, 4.69) is 35.4 Å². The van der Waals surface area contributed by atoms with Crippen LogP contribution >= 0.6 is 23.1 Å². The third-order valence-electron chi connectivity index (χ3n) is 2.14. The molecular formula is C10H17NS2. The highest BCUT2D eigenvalue weighted by Gasteiger charge is 2.04. The van der Waals surface area contributed by atoms with Crippen molar-refractivity contribution in [3.05, 3.63) is 22.4 Å². The summed E-state index contributed by atoms with van der Waals surface area (Å²) in [6, 6.07) is 2.88. The van der Waals surface area contributed by atoms with Crippen LogP contribution in [0.4, 0.5) is 0 Å². The quantitative estimate of drug-likeness (QED) is 0.783. The molecule has 0 spiro atoms. The molecule has 1 unspecified atom stereocenters. The Morgan fingerprint density at radius 1 is 1.62 bits per heavy atom. The average Bonchev–Trinajstić information content (AvgIpc) is 2.64. The molecule has 1 atom stereocenters. The van der Waals surface area contributed by atoms with Crippen molar-refractivity contribution in [2.45, 2.75) is 18.9 Å². The molecule has 0 aliphatic carbocycles. The van der Waals surface area contributed by atoms with Crippen molar-refractivity contribution >= 4 is 23.1 Å². The van der Waals surface area contributed by atoms with E-state index in [4.69, 9.17) is 0 Å².